The van der Waals surface area contributed by atoms with Crippen LogP contribution >= 0.6 is 0 Å². The van der Waals surface area contributed by atoms with E-state index in [0.29, 0.717) is 17.7 Å². The molecular weight excluding hydrogens is 243 g/mol. The van der Waals surface area contributed by atoms with E-state index in [9.17, 15) is 9.50 Å². The molecule has 0 radical (unpaired) electrons. The van der Waals surface area contributed by atoms with Crippen molar-refractivity contribution in [2.24, 2.45) is 5.92 Å². The first kappa shape index (κ1) is 14.0. The predicted octanol–water partition coefficient (Wildman–Crippen LogP) is 2.29. The highest BCUT2D eigenvalue weighted by Gasteiger charge is 2.23. The Morgan fingerprint density at radius 3 is 3.05 bits per heavy atom. The second kappa shape index (κ2) is 6.14. The topological polar surface area (TPSA) is 47.3 Å². The maximum atomic E-state index is 13.7. The van der Waals surface area contributed by atoms with E-state index in [-0.39, 0.29) is 17.8 Å². The molecule has 1 saturated heterocycles. The molecular formula is C15H19FN2O. The fourth-order valence-corrected chi connectivity index (χ4v) is 2.64. The van der Waals surface area contributed by atoms with Gasteiger partial charge >= 0.3 is 0 Å². The van der Waals surface area contributed by atoms with Crippen molar-refractivity contribution in [3.05, 3.63) is 35.1 Å². The molecule has 0 spiro atoms. The van der Waals surface area contributed by atoms with E-state index >= 15 is 0 Å². The number of benzene rings is 1. The van der Waals surface area contributed by atoms with Crippen molar-refractivity contribution in [1.82, 2.24) is 4.90 Å². The number of aliphatic hydroxyl groups is 1. The van der Waals surface area contributed by atoms with E-state index in [0.717, 1.165) is 25.9 Å². The molecule has 102 valence electrons. The average molecular weight is 262 g/mol. The van der Waals surface area contributed by atoms with Crippen molar-refractivity contribution in [1.29, 1.82) is 5.26 Å². The summed E-state index contributed by atoms with van der Waals surface area (Å²) in [5.74, 6) is -0.00543. The molecule has 19 heavy (non-hydrogen) atoms. The van der Waals surface area contributed by atoms with Crippen molar-refractivity contribution >= 4 is 0 Å². The predicted molar refractivity (Wildman–Crippen MR) is 70.8 cm³/mol. The lowest BCUT2D eigenvalue weighted by Gasteiger charge is -2.34. The zero-order valence-corrected chi connectivity index (χ0v) is 11.1. The lowest BCUT2D eigenvalue weighted by Crippen LogP contribution is -2.39. The van der Waals surface area contributed by atoms with Crippen LogP contribution in [0.1, 0.15) is 30.9 Å². The maximum Gasteiger partial charge on any atom is 0.127 e. The third-order valence-electron chi connectivity index (χ3n) is 3.79. The molecule has 2 atom stereocenters. The van der Waals surface area contributed by atoms with E-state index in [1.807, 2.05) is 13.0 Å². The zero-order valence-electron chi connectivity index (χ0n) is 11.1. The molecule has 1 aliphatic rings. The van der Waals surface area contributed by atoms with E-state index in [4.69, 9.17) is 5.26 Å². The Hall–Kier alpha value is -1.44. The van der Waals surface area contributed by atoms with Gasteiger partial charge in [0.2, 0.25) is 0 Å². The summed E-state index contributed by atoms with van der Waals surface area (Å²) in [6.45, 7) is 4.02. The summed E-state index contributed by atoms with van der Waals surface area (Å²) in [5.41, 5.74) is 1.05. The van der Waals surface area contributed by atoms with Crippen LogP contribution in [0.15, 0.2) is 18.2 Å². The van der Waals surface area contributed by atoms with Gasteiger partial charge in [0.1, 0.15) is 5.82 Å². The minimum atomic E-state index is -0.321. The van der Waals surface area contributed by atoms with Crippen molar-refractivity contribution in [2.75, 3.05) is 13.1 Å². The molecule has 0 aromatic heterocycles. The summed E-state index contributed by atoms with van der Waals surface area (Å²) in [5, 5.41) is 18.5. The number of rotatable bonds is 3. The summed E-state index contributed by atoms with van der Waals surface area (Å²) >= 11 is 0. The van der Waals surface area contributed by atoms with E-state index < -0.39 is 0 Å². The molecule has 3 nitrogen and oxygen atoms in total. The minimum absolute atomic E-state index is 0.260. The lowest BCUT2D eigenvalue weighted by atomic mass is 9.93. The number of nitrogens with zero attached hydrogens (tertiary/aromatic N) is 2. The Kier molecular flexibility index (Phi) is 4.52. The Morgan fingerprint density at radius 2 is 2.37 bits per heavy atom. The first-order valence-corrected chi connectivity index (χ1v) is 6.69. The van der Waals surface area contributed by atoms with Gasteiger partial charge in [-0.3, -0.25) is 4.90 Å². The van der Waals surface area contributed by atoms with Gasteiger partial charge in [-0.25, -0.2) is 4.39 Å². The Morgan fingerprint density at radius 1 is 1.58 bits per heavy atom. The van der Waals surface area contributed by atoms with Gasteiger partial charge in [0, 0.05) is 18.7 Å². The van der Waals surface area contributed by atoms with Crippen LogP contribution < -0.4 is 0 Å². The molecule has 0 aliphatic carbocycles. The number of hydrogen-bond donors (Lipinski definition) is 1. The van der Waals surface area contributed by atoms with E-state index in [1.165, 1.54) is 12.1 Å². The number of aliphatic hydroxyl groups excluding tert-OH is 1. The second-order valence-corrected chi connectivity index (χ2v) is 5.30. The van der Waals surface area contributed by atoms with Crippen LogP contribution in [0.3, 0.4) is 0 Å². The molecule has 1 aliphatic heterocycles. The quantitative estimate of drug-likeness (QED) is 0.909. The van der Waals surface area contributed by atoms with Crippen LogP contribution in [-0.2, 0) is 6.54 Å². The van der Waals surface area contributed by atoms with Crippen LogP contribution in [0.4, 0.5) is 4.39 Å². The Labute approximate surface area is 113 Å². The maximum absolute atomic E-state index is 13.7. The fraction of sp³-hybridized carbons (Fsp3) is 0.533. The van der Waals surface area contributed by atoms with Gasteiger partial charge in [0.05, 0.1) is 17.7 Å². The first-order chi connectivity index (χ1) is 9.10. The van der Waals surface area contributed by atoms with Crippen LogP contribution in [-0.4, -0.2) is 29.2 Å². The van der Waals surface area contributed by atoms with E-state index in [1.54, 1.807) is 6.07 Å². The smallest absolute Gasteiger partial charge is 0.127 e. The number of likely N-dealkylation sites (tertiary alicyclic amines) is 1. The van der Waals surface area contributed by atoms with Crippen LogP contribution in [0.25, 0.3) is 0 Å². The Balaban J connectivity index is 2.06. The normalized spacial score (nSPS) is 21.9. The van der Waals surface area contributed by atoms with Crippen LogP contribution in [0, 0.1) is 23.1 Å². The van der Waals surface area contributed by atoms with Gasteiger partial charge in [-0.1, -0.05) is 0 Å². The summed E-state index contributed by atoms with van der Waals surface area (Å²) in [6.07, 6.45) is 1.72. The highest BCUT2D eigenvalue weighted by Crippen LogP contribution is 2.22. The zero-order chi connectivity index (χ0) is 13.8. The first-order valence-electron chi connectivity index (χ1n) is 6.69. The van der Waals surface area contributed by atoms with Crippen LogP contribution in [0.5, 0.6) is 0 Å². The molecule has 1 aromatic rings. The third-order valence-corrected chi connectivity index (χ3v) is 3.79. The summed E-state index contributed by atoms with van der Waals surface area (Å²) in [7, 11) is 0. The fourth-order valence-electron chi connectivity index (χ4n) is 2.64. The highest BCUT2D eigenvalue weighted by atomic mass is 19.1. The van der Waals surface area contributed by atoms with E-state index in [2.05, 4.69) is 4.90 Å². The van der Waals surface area contributed by atoms with Gasteiger partial charge in [-0.15, -0.1) is 0 Å². The van der Waals surface area contributed by atoms with Crippen molar-refractivity contribution in [3.8, 4) is 6.07 Å². The largest absolute Gasteiger partial charge is 0.393 e. The second-order valence-electron chi connectivity index (χ2n) is 5.30. The molecule has 0 bridgehead atoms. The lowest BCUT2D eigenvalue weighted by molar-refractivity contribution is 0.0595. The molecule has 1 aromatic carbocycles. The van der Waals surface area contributed by atoms with Gasteiger partial charge in [0.25, 0.3) is 0 Å². The SMILES string of the molecule is CC(O)C1CCCN(Cc2cc(C#N)ccc2F)C1. The van der Waals surface area contributed by atoms with Gasteiger partial charge < -0.3 is 5.11 Å². The molecule has 1 heterocycles. The summed E-state index contributed by atoms with van der Waals surface area (Å²) in [6, 6.07) is 6.49. The molecule has 0 amide bonds. The standard InChI is InChI=1S/C15H19FN2O/c1-11(19)13-3-2-6-18(9-13)10-14-7-12(8-17)4-5-15(14)16/h4-5,7,11,13,19H,2-3,6,9-10H2,1H3. The minimum Gasteiger partial charge on any atom is -0.393 e. The summed E-state index contributed by atoms with van der Waals surface area (Å²) in [4.78, 5) is 2.15. The van der Waals surface area contributed by atoms with Crippen molar-refractivity contribution < 1.29 is 9.50 Å². The average Bonchev–Trinajstić information content (AvgIpc) is 2.41. The molecule has 1 N–H and O–H groups in total. The van der Waals surface area contributed by atoms with Gasteiger partial charge in [-0.2, -0.15) is 5.26 Å². The monoisotopic (exact) mass is 262 g/mol. The van der Waals surface area contributed by atoms with Crippen molar-refractivity contribution in [3.63, 3.8) is 0 Å². The van der Waals surface area contributed by atoms with Gasteiger partial charge in [0.15, 0.2) is 0 Å². The number of halogens is 1. The Bertz CT molecular complexity index is 482. The third kappa shape index (κ3) is 3.52. The molecule has 4 heteroatoms. The van der Waals surface area contributed by atoms with Crippen LogP contribution in [0.2, 0.25) is 0 Å². The van der Waals surface area contributed by atoms with Gasteiger partial charge in [-0.05, 0) is 50.4 Å². The molecule has 0 saturated carbocycles. The molecule has 2 unspecified atom stereocenters. The highest BCUT2D eigenvalue weighted by molar-refractivity contribution is 5.33. The molecule has 2 rings (SSSR count). The number of hydrogen-bond acceptors (Lipinski definition) is 3. The number of nitriles is 1. The molecule has 1 fully saturated rings. The number of piperidine rings is 1. The summed E-state index contributed by atoms with van der Waals surface area (Å²) < 4.78 is 13.7. The van der Waals surface area contributed by atoms with Crippen molar-refractivity contribution in [2.45, 2.75) is 32.4 Å².